The molecule has 2 aromatic heterocycles. The lowest BCUT2D eigenvalue weighted by Crippen LogP contribution is -2.47. The van der Waals surface area contributed by atoms with Crippen molar-refractivity contribution in [2.75, 3.05) is 0 Å². The molecule has 0 aliphatic heterocycles. The van der Waals surface area contributed by atoms with Crippen molar-refractivity contribution in [1.29, 1.82) is 0 Å². The minimum Gasteiger partial charge on any atom is -0.352 e. The molecule has 4 unspecified atom stereocenters. The minimum absolute atomic E-state index is 0.0473. The zero-order chi connectivity index (χ0) is 17.8. The van der Waals surface area contributed by atoms with Crippen LogP contribution in [-0.2, 0) is 17.8 Å². The molecule has 3 saturated carbocycles. The smallest absolute Gasteiger partial charge is 0.262 e. The van der Waals surface area contributed by atoms with E-state index in [-0.39, 0.29) is 18.0 Å². The van der Waals surface area contributed by atoms with Gasteiger partial charge in [0.15, 0.2) is 0 Å². The molecule has 3 aliphatic carbocycles. The lowest BCUT2D eigenvalue weighted by atomic mass is 9.70. The van der Waals surface area contributed by atoms with E-state index in [0.717, 1.165) is 40.3 Å². The normalized spacial score (nSPS) is 32.3. The third-order valence-corrected chi connectivity index (χ3v) is 8.02. The highest BCUT2D eigenvalue weighted by Gasteiger charge is 2.49. The van der Waals surface area contributed by atoms with Crippen LogP contribution in [0.4, 0.5) is 0 Å². The zero-order valence-corrected chi connectivity index (χ0v) is 15.9. The van der Waals surface area contributed by atoms with E-state index < -0.39 is 0 Å². The summed E-state index contributed by atoms with van der Waals surface area (Å²) < 4.78 is 1.46. The van der Waals surface area contributed by atoms with Gasteiger partial charge in [-0.25, -0.2) is 4.98 Å². The molecular formula is C20H25N3O2S. The van der Waals surface area contributed by atoms with Gasteiger partial charge in [-0.05, 0) is 68.3 Å². The molecule has 0 saturated heterocycles. The molecule has 26 heavy (non-hydrogen) atoms. The van der Waals surface area contributed by atoms with Gasteiger partial charge in [0.05, 0.1) is 11.7 Å². The maximum absolute atomic E-state index is 12.7. The number of nitrogens with one attached hydrogen (secondary N) is 1. The molecule has 0 spiro atoms. The van der Waals surface area contributed by atoms with Gasteiger partial charge in [-0.15, -0.1) is 11.3 Å². The van der Waals surface area contributed by atoms with Crippen molar-refractivity contribution in [1.82, 2.24) is 14.9 Å². The van der Waals surface area contributed by atoms with Gasteiger partial charge in [-0.1, -0.05) is 6.92 Å². The molecule has 5 nitrogen and oxygen atoms in total. The maximum Gasteiger partial charge on any atom is 0.262 e. The second-order valence-corrected chi connectivity index (χ2v) is 9.59. The van der Waals surface area contributed by atoms with Gasteiger partial charge in [0.25, 0.3) is 5.56 Å². The topological polar surface area (TPSA) is 64.0 Å². The van der Waals surface area contributed by atoms with Crippen molar-refractivity contribution < 1.29 is 4.79 Å². The molecule has 1 N–H and O–H groups in total. The highest BCUT2D eigenvalue weighted by molar-refractivity contribution is 7.18. The van der Waals surface area contributed by atoms with E-state index in [2.05, 4.69) is 17.2 Å². The fourth-order valence-electron chi connectivity index (χ4n) is 5.82. The molecule has 3 bridgehead atoms. The van der Waals surface area contributed by atoms with Crippen molar-refractivity contribution >= 4 is 27.5 Å². The van der Waals surface area contributed by atoms with E-state index in [1.165, 1.54) is 36.6 Å². The van der Waals surface area contributed by atoms with Gasteiger partial charge in [-0.3, -0.25) is 14.2 Å². The van der Waals surface area contributed by atoms with Crippen LogP contribution in [0.5, 0.6) is 0 Å². The lowest BCUT2D eigenvalue weighted by Gasteiger charge is -2.39. The Kier molecular flexibility index (Phi) is 3.92. The Hall–Kier alpha value is -1.69. The van der Waals surface area contributed by atoms with E-state index in [9.17, 15) is 9.59 Å². The summed E-state index contributed by atoms with van der Waals surface area (Å²) in [6.45, 7) is 2.14. The molecular weight excluding hydrogens is 346 g/mol. The number of hydrogen-bond acceptors (Lipinski definition) is 4. The Labute approximate surface area is 156 Å². The van der Waals surface area contributed by atoms with Crippen LogP contribution in [0.15, 0.2) is 17.2 Å². The Bertz CT molecular complexity index is 915. The summed E-state index contributed by atoms with van der Waals surface area (Å²) in [6.07, 6.45) is 8.92. The van der Waals surface area contributed by atoms with Crippen LogP contribution in [0.3, 0.4) is 0 Å². The monoisotopic (exact) mass is 371 g/mol. The van der Waals surface area contributed by atoms with Crippen molar-refractivity contribution in [3.8, 4) is 0 Å². The first-order chi connectivity index (χ1) is 12.6. The highest BCUT2D eigenvalue weighted by atomic mass is 32.1. The highest BCUT2D eigenvalue weighted by Crippen LogP contribution is 2.55. The molecule has 2 heterocycles. The number of aryl methyl sites for hydroxylation is 1. The first-order valence-electron chi connectivity index (χ1n) is 9.88. The Morgan fingerprint density at radius 2 is 2.08 bits per heavy atom. The number of rotatable bonds is 4. The van der Waals surface area contributed by atoms with Crippen LogP contribution in [0.1, 0.15) is 43.9 Å². The van der Waals surface area contributed by atoms with E-state index in [0.29, 0.717) is 17.3 Å². The number of amides is 1. The second-order valence-electron chi connectivity index (χ2n) is 8.47. The molecule has 2 aromatic rings. The molecule has 0 aromatic carbocycles. The third kappa shape index (κ3) is 2.70. The van der Waals surface area contributed by atoms with E-state index in [1.54, 1.807) is 11.3 Å². The summed E-state index contributed by atoms with van der Waals surface area (Å²) in [5.41, 5.74) is -0.106. The van der Waals surface area contributed by atoms with Gasteiger partial charge in [0.2, 0.25) is 5.91 Å². The molecule has 138 valence electrons. The third-order valence-electron chi connectivity index (χ3n) is 6.83. The summed E-state index contributed by atoms with van der Waals surface area (Å²) in [6, 6.07) is 2.22. The van der Waals surface area contributed by atoms with Crippen LogP contribution in [0, 0.1) is 23.7 Å². The standard InChI is InChI=1S/C20H25N3O2S/c1-2-14-8-16-19(26-14)21-10-23(20(16)25)9-18(24)22-17-7-12-3-11-4-13(5-12)15(17)6-11/h8,10-13,15,17H,2-7,9H2,1H3,(H,22,24)/t11?,12?,13?,15-,17?/m1/s1. The van der Waals surface area contributed by atoms with Gasteiger partial charge in [-0.2, -0.15) is 0 Å². The number of aromatic nitrogens is 2. The minimum atomic E-state index is -0.106. The first-order valence-corrected chi connectivity index (χ1v) is 10.7. The summed E-state index contributed by atoms with van der Waals surface area (Å²) >= 11 is 1.56. The molecule has 3 fully saturated rings. The number of thiophene rings is 1. The molecule has 1 amide bonds. The molecule has 5 atom stereocenters. The zero-order valence-electron chi connectivity index (χ0n) is 15.1. The van der Waals surface area contributed by atoms with Gasteiger partial charge >= 0.3 is 0 Å². The van der Waals surface area contributed by atoms with E-state index >= 15 is 0 Å². The summed E-state index contributed by atoms with van der Waals surface area (Å²) in [5, 5.41) is 3.90. The van der Waals surface area contributed by atoms with E-state index in [1.807, 2.05) is 6.07 Å². The number of fused-ring (bicyclic) bond motifs is 3. The second kappa shape index (κ2) is 6.19. The number of carbonyl (C=O) groups is 1. The van der Waals surface area contributed by atoms with Crippen molar-refractivity contribution in [3.05, 3.63) is 27.6 Å². The average molecular weight is 372 g/mol. The van der Waals surface area contributed by atoms with Crippen LogP contribution in [0.2, 0.25) is 0 Å². The summed E-state index contributed by atoms with van der Waals surface area (Å²) in [5.74, 6) is 3.11. The summed E-state index contributed by atoms with van der Waals surface area (Å²) in [7, 11) is 0. The fraction of sp³-hybridized carbons (Fsp3) is 0.650. The Morgan fingerprint density at radius 1 is 1.27 bits per heavy atom. The molecule has 5 rings (SSSR count). The predicted molar refractivity (Wildman–Crippen MR) is 102 cm³/mol. The van der Waals surface area contributed by atoms with E-state index in [4.69, 9.17) is 0 Å². The molecule has 6 heteroatoms. The summed E-state index contributed by atoms with van der Waals surface area (Å²) in [4.78, 5) is 31.6. The van der Waals surface area contributed by atoms with Crippen LogP contribution in [0.25, 0.3) is 10.2 Å². The molecule has 0 radical (unpaired) electrons. The van der Waals surface area contributed by atoms with Gasteiger partial charge < -0.3 is 5.32 Å². The SMILES string of the molecule is CCc1cc2c(=O)n(CC(=O)NC3CC4CC5CC(C4)[C@H]3C5)cnc2s1. The Balaban J connectivity index is 1.32. The Morgan fingerprint density at radius 3 is 2.88 bits per heavy atom. The number of carbonyl (C=O) groups excluding carboxylic acids is 1. The number of hydrogen-bond donors (Lipinski definition) is 1. The van der Waals surface area contributed by atoms with Gasteiger partial charge in [0, 0.05) is 10.9 Å². The predicted octanol–water partition coefficient (Wildman–Crippen LogP) is 2.96. The average Bonchev–Trinajstić information content (AvgIpc) is 3.14. The van der Waals surface area contributed by atoms with Crippen LogP contribution < -0.4 is 10.9 Å². The van der Waals surface area contributed by atoms with Crippen molar-refractivity contribution in [2.24, 2.45) is 23.7 Å². The molecule has 3 aliphatic rings. The van der Waals surface area contributed by atoms with Gasteiger partial charge in [0.1, 0.15) is 11.4 Å². The lowest BCUT2D eigenvalue weighted by molar-refractivity contribution is -0.123. The van der Waals surface area contributed by atoms with Crippen LogP contribution >= 0.6 is 11.3 Å². The largest absolute Gasteiger partial charge is 0.352 e. The van der Waals surface area contributed by atoms with Crippen LogP contribution in [-0.4, -0.2) is 21.5 Å². The van der Waals surface area contributed by atoms with Crippen molar-refractivity contribution in [2.45, 2.75) is 58.0 Å². The maximum atomic E-state index is 12.7. The quantitative estimate of drug-likeness (QED) is 0.899. The number of nitrogens with zero attached hydrogens (tertiary/aromatic N) is 2. The van der Waals surface area contributed by atoms with Crippen molar-refractivity contribution in [3.63, 3.8) is 0 Å². The first kappa shape index (κ1) is 16.5. The fourth-order valence-corrected chi connectivity index (χ4v) is 6.75.